The Labute approximate surface area is 177 Å². The van der Waals surface area contributed by atoms with E-state index in [1.807, 2.05) is 0 Å². The molecule has 2 fully saturated rings. The monoisotopic (exact) mass is 455 g/mol. The Kier molecular flexibility index (Phi) is 6.12. The van der Waals surface area contributed by atoms with Gasteiger partial charge >= 0.3 is 6.03 Å². The molecular weight excluding hydrogens is 440 g/mol. The van der Waals surface area contributed by atoms with Crippen molar-refractivity contribution >= 4 is 75.2 Å². The van der Waals surface area contributed by atoms with Crippen LogP contribution in [0.3, 0.4) is 0 Å². The first-order chi connectivity index (χ1) is 12.2. The Morgan fingerprint density at radius 3 is 2.62 bits per heavy atom. The summed E-state index contributed by atoms with van der Waals surface area (Å²) in [5.74, 6) is 0.485. The highest BCUT2D eigenvalue weighted by Crippen LogP contribution is 2.40. The van der Waals surface area contributed by atoms with Gasteiger partial charge in [-0.3, -0.25) is 4.90 Å². The van der Waals surface area contributed by atoms with Crippen LogP contribution in [-0.2, 0) is 0 Å². The average molecular weight is 457 g/mol. The minimum absolute atomic E-state index is 0.0269. The van der Waals surface area contributed by atoms with Crippen LogP contribution in [0.2, 0.25) is 5.02 Å². The summed E-state index contributed by atoms with van der Waals surface area (Å²) >= 11 is 29.7. The zero-order valence-corrected chi connectivity index (χ0v) is 17.7. The number of alkyl halides is 3. The first kappa shape index (κ1) is 20.2. The lowest BCUT2D eigenvalue weighted by atomic mass is 9.86. The SMILES string of the molecule is COc1ccc(N2C(=O)N(C(Cl)(Cl)Cl)NC2C2CCCCC2=S)cc1Cl. The number of nitrogens with zero attached hydrogens (tertiary/aromatic N) is 2. The molecule has 2 atom stereocenters. The van der Waals surface area contributed by atoms with E-state index in [9.17, 15) is 4.79 Å². The Balaban J connectivity index is 2.01. The van der Waals surface area contributed by atoms with Crippen molar-refractivity contribution in [2.75, 3.05) is 12.0 Å². The van der Waals surface area contributed by atoms with E-state index in [0.29, 0.717) is 16.5 Å². The number of anilines is 1. The van der Waals surface area contributed by atoms with Crippen molar-refractivity contribution in [1.82, 2.24) is 10.4 Å². The third-order valence-electron chi connectivity index (χ3n) is 4.59. The van der Waals surface area contributed by atoms with Gasteiger partial charge < -0.3 is 4.74 Å². The predicted octanol–water partition coefficient (Wildman–Crippen LogP) is 5.31. The second kappa shape index (κ2) is 7.86. The second-order valence-electron chi connectivity index (χ2n) is 6.17. The number of carbonyl (C=O) groups is 1. The third kappa shape index (κ3) is 3.86. The molecular formula is C16H17Cl4N3O2S. The molecule has 2 aliphatic rings. The van der Waals surface area contributed by atoms with Crippen LogP contribution in [0.4, 0.5) is 10.5 Å². The number of urea groups is 1. The van der Waals surface area contributed by atoms with Crippen molar-refractivity contribution < 1.29 is 9.53 Å². The molecule has 26 heavy (non-hydrogen) atoms. The molecule has 1 saturated heterocycles. The van der Waals surface area contributed by atoms with Gasteiger partial charge in [-0.1, -0.05) is 65.0 Å². The summed E-state index contributed by atoms with van der Waals surface area (Å²) < 4.78 is 3.25. The van der Waals surface area contributed by atoms with Gasteiger partial charge in [-0.05, 0) is 42.3 Å². The number of hydrogen-bond donors (Lipinski definition) is 1. The molecule has 1 saturated carbocycles. The number of halogens is 4. The van der Waals surface area contributed by atoms with Crippen LogP contribution in [0.5, 0.6) is 5.75 Å². The number of carbonyl (C=O) groups excluding carboxylic acids is 1. The molecule has 1 aliphatic carbocycles. The van der Waals surface area contributed by atoms with Gasteiger partial charge in [0.1, 0.15) is 11.9 Å². The normalized spacial score (nSPS) is 24.3. The molecule has 1 N–H and O–H groups in total. The number of hydrogen-bond acceptors (Lipinski definition) is 4. The van der Waals surface area contributed by atoms with Gasteiger partial charge in [0.15, 0.2) is 0 Å². The standard InChI is InChI=1S/C16H17Cl4N3O2S/c1-25-12-7-6-9(8-11(12)17)22-14(10-4-2-3-5-13(10)26)21-23(15(22)24)16(18,19)20/h6-8,10,14,21H,2-5H2,1H3. The first-order valence-corrected chi connectivity index (χ1v) is 9.98. The van der Waals surface area contributed by atoms with Crippen LogP contribution < -0.4 is 15.1 Å². The maximum atomic E-state index is 13.0. The molecule has 1 aliphatic heterocycles. The van der Waals surface area contributed by atoms with E-state index in [2.05, 4.69) is 5.43 Å². The molecule has 1 aromatic rings. The van der Waals surface area contributed by atoms with Gasteiger partial charge in [0, 0.05) is 11.6 Å². The minimum atomic E-state index is -1.93. The minimum Gasteiger partial charge on any atom is -0.495 e. The Morgan fingerprint density at radius 2 is 2.04 bits per heavy atom. The second-order valence-corrected chi connectivity index (χ2v) is 9.32. The molecule has 3 rings (SSSR count). The number of nitrogens with one attached hydrogen (secondary N) is 1. The molecule has 0 aromatic heterocycles. The lowest BCUT2D eigenvalue weighted by molar-refractivity contribution is 0.194. The first-order valence-electron chi connectivity index (χ1n) is 8.06. The summed E-state index contributed by atoms with van der Waals surface area (Å²) in [6.07, 6.45) is 3.34. The van der Waals surface area contributed by atoms with E-state index in [1.54, 1.807) is 18.2 Å². The molecule has 0 radical (unpaired) electrons. The highest BCUT2D eigenvalue weighted by atomic mass is 35.6. The summed E-state index contributed by atoms with van der Waals surface area (Å²) in [6, 6.07) is 4.61. The topological polar surface area (TPSA) is 44.8 Å². The van der Waals surface area contributed by atoms with E-state index in [-0.39, 0.29) is 5.92 Å². The van der Waals surface area contributed by atoms with Crippen LogP contribution in [0.1, 0.15) is 25.7 Å². The molecule has 2 amide bonds. The molecule has 0 bridgehead atoms. The predicted molar refractivity (Wildman–Crippen MR) is 109 cm³/mol. The maximum absolute atomic E-state index is 13.0. The average Bonchev–Trinajstić information content (AvgIpc) is 2.92. The zero-order valence-electron chi connectivity index (χ0n) is 13.8. The van der Waals surface area contributed by atoms with E-state index in [4.69, 9.17) is 63.4 Å². The summed E-state index contributed by atoms with van der Waals surface area (Å²) in [6.45, 7) is 0. The quantitative estimate of drug-likeness (QED) is 0.380. The van der Waals surface area contributed by atoms with E-state index < -0.39 is 16.1 Å². The number of hydrazine groups is 1. The molecule has 1 heterocycles. The fourth-order valence-corrected chi connectivity index (χ4v) is 4.35. The number of amides is 2. The number of ether oxygens (including phenoxy) is 1. The summed E-state index contributed by atoms with van der Waals surface area (Å²) in [5, 5.41) is 1.38. The maximum Gasteiger partial charge on any atom is 0.343 e. The zero-order chi connectivity index (χ0) is 19.1. The van der Waals surface area contributed by atoms with Gasteiger partial charge in [0.2, 0.25) is 0 Å². The van der Waals surface area contributed by atoms with Crippen molar-refractivity contribution in [3.05, 3.63) is 23.2 Å². The molecule has 10 heteroatoms. The lowest BCUT2D eigenvalue weighted by Crippen LogP contribution is -2.49. The summed E-state index contributed by atoms with van der Waals surface area (Å²) in [5.41, 5.74) is 3.60. The van der Waals surface area contributed by atoms with E-state index in [0.717, 1.165) is 35.6 Å². The van der Waals surface area contributed by atoms with Gasteiger partial charge in [-0.2, -0.15) is 0 Å². The molecule has 2 unspecified atom stereocenters. The highest BCUT2D eigenvalue weighted by molar-refractivity contribution is 7.80. The van der Waals surface area contributed by atoms with Crippen LogP contribution in [0.15, 0.2) is 18.2 Å². The fraction of sp³-hybridized carbons (Fsp3) is 0.500. The number of thiocarbonyl (C=S) groups is 1. The number of rotatable bonds is 3. The van der Waals surface area contributed by atoms with E-state index >= 15 is 0 Å². The Bertz CT molecular complexity index is 728. The molecule has 142 valence electrons. The molecule has 0 spiro atoms. The fourth-order valence-electron chi connectivity index (χ4n) is 3.34. The largest absolute Gasteiger partial charge is 0.495 e. The third-order valence-corrected chi connectivity index (χ3v) is 5.90. The Hall–Kier alpha value is -0.500. The Morgan fingerprint density at radius 1 is 1.31 bits per heavy atom. The smallest absolute Gasteiger partial charge is 0.343 e. The van der Waals surface area contributed by atoms with Crippen LogP contribution in [0, 0.1) is 5.92 Å². The van der Waals surface area contributed by atoms with Gasteiger partial charge in [0.05, 0.1) is 12.1 Å². The summed E-state index contributed by atoms with van der Waals surface area (Å²) in [7, 11) is 1.53. The van der Waals surface area contributed by atoms with Gasteiger partial charge in [-0.25, -0.2) is 15.2 Å². The van der Waals surface area contributed by atoms with Crippen LogP contribution in [-0.4, -0.2) is 33.1 Å². The van der Waals surface area contributed by atoms with E-state index in [1.165, 1.54) is 12.0 Å². The van der Waals surface area contributed by atoms with Crippen LogP contribution in [0.25, 0.3) is 0 Å². The molecule has 1 aromatic carbocycles. The van der Waals surface area contributed by atoms with Crippen molar-refractivity contribution in [1.29, 1.82) is 0 Å². The number of methoxy groups -OCH3 is 1. The lowest BCUT2D eigenvalue weighted by Gasteiger charge is -2.33. The van der Waals surface area contributed by atoms with Crippen LogP contribution >= 0.6 is 58.6 Å². The number of benzene rings is 1. The van der Waals surface area contributed by atoms with Crippen molar-refractivity contribution in [3.63, 3.8) is 0 Å². The van der Waals surface area contributed by atoms with Crippen molar-refractivity contribution in [3.8, 4) is 5.75 Å². The van der Waals surface area contributed by atoms with Crippen molar-refractivity contribution in [2.45, 2.75) is 35.8 Å². The molecule has 5 nitrogen and oxygen atoms in total. The van der Waals surface area contributed by atoms with Crippen molar-refractivity contribution in [2.24, 2.45) is 5.92 Å². The van der Waals surface area contributed by atoms with Gasteiger partial charge in [-0.15, -0.1) is 0 Å². The van der Waals surface area contributed by atoms with Gasteiger partial charge in [0.25, 0.3) is 3.92 Å². The summed E-state index contributed by atoms with van der Waals surface area (Å²) in [4.78, 5) is 15.4. The highest BCUT2D eigenvalue weighted by Gasteiger charge is 2.50.